The summed E-state index contributed by atoms with van der Waals surface area (Å²) < 4.78 is 2.16. The maximum absolute atomic E-state index is 12.5. The van der Waals surface area contributed by atoms with Crippen molar-refractivity contribution in [1.82, 2.24) is 14.8 Å². The third-order valence-electron chi connectivity index (χ3n) is 5.05. The number of thioether (sulfide) groups is 1. The summed E-state index contributed by atoms with van der Waals surface area (Å²) in [7, 11) is 0. The third-order valence-corrected chi connectivity index (χ3v) is 6.56. The summed E-state index contributed by atoms with van der Waals surface area (Å²) in [5.41, 5.74) is 2.69. The fourth-order valence-electron chi connectivity index (χ4n) is 3.52. The van der Waals surface area contributed by atoms with Crippen LogP contribution in [0.4, 0.5) is 5.69 Å². The molecule has 5 nitrogen and oxygen atoms in total. The number of halogens is 1. The number of hydrogen-bond acceptors (Lipinski definition) is 4. The first-order valence-electron chi connectivity index (χ1n) is 9.82. The van der Waals surface area contributed by atoms with Crippen molar-refractivity contribution in [2.24, 2.45) is 0 Å². The molecule has 0 aliphatic carbocycles. The number of hydrogen-bond donors (Lipinski definition) is 1. The molecular weight excluding hydrogens is 404 g/mol. The number of nitrogens with zero attached hydrogens (tertiary/aromatic N) is 3. The lowest BCUT2D eigenvalue weighted by Crippen LogP contribution is -2.14. The highest BCUT2D eigenvalue weighted by atomic mass is 35.5. The van der Waals surface area contributed by atoms with E-state index in [4.69, 9.17) is 11.6 Å². The Morgan fingerprint density at radius 1 is 1.17 bits per heavy atom. The van der Waals surface area contributed by atoms with Crippen LogP contribution in [0.15, 0.2) is 47.4 Å². The number of carbonyl (C=O) groups excluding carboxylic acids is 1. The fourth-order valence-corrected chi connectivity index (χ4v) is 4.55. The summed E-state index contributed by atoms with van der Waals surface area (Å²) in [6, 6.07) is 13.6. The Labute approximate surface area is 179 Å². The molecule has 0 saturated heterocycles. The lowest BCUT2D eigenvalue weighted by Gasteiger charge is -2.11. The van der Waals surface area contributed by atoms with E-state index in [1.807, 2.05) is 43.3 Å². The van der Waals surface area contributed by atoms with Gasteiger partial charge in [0.2, 0.25) is 5.91 Å². The second-order valence-corrected chi connectivity index (χ2v) is 8.62. The molecule has 0 saturated carbocycles. The van der Waals surface area contributed by atoms with Crippen molar-refractivity contribution in [2.45, 2.75) is 44.0 Å². The lowest BCUT2D eigenvalue weighted by molar-refractivity contribution is -0.113. The number of rotatable bonds is 5. The summed E-state index contributed by atoms with van der Waals surface area (Å²) in [5.74, 6) is 2.09. The minimum Gasteiger partial charge on any atom is -0.325 e. The Kier molecular flexibility index (Phi) is 6.21. The predicted octanol–water partition coefficient (Wildman–Crippen LogP) is 5.36. The molecule has 0 radical (unpaired) electrons. The van der Waals surface area contributed by atoms with Gasteiger partial charge in [0, 0.05) is 29.1 Å². The maximum Gasteiger partial charge on any atom is 0.234 e. The highest BCUT2D eigenvalue weighted by Crippen LogP contribution is 2.31. The molecule has 1 aromatic heterocycles. The van der Waals surface area contributed by atoms with Gasteiger partial charge in [0.25, 0.3) is 0 Å². The van der Waals surface area contributed by atoms with Crippen LogP contribution in [0.2, 0.25) is 5.02 Å². The summed E-state index contributed by atoms with van der Waals surface area (Å²) in [4.78, 5) is 13.6. The summed E-state index contributed by atoms with van der Waals surface area (Å²) in [6.45, 7) is 2.95. The van der Waals surface area contributed by atoms with Gasteiger partial charge in [0.1, 0.15) is 5.82 Å². The molecule has 1 aliphatic heterocycles. The number of aryl methyl sites for hydroxylation is 2. The Morgan fingerprint density at radius 2 is 2.03 bits per heavy atom. The first kappa shape index (κ1) is 20.0. The SMILES string of the molecule is Cc1ccccc1SCC(=O)Nc1ccc(Cl)c(-c2nnc3n2CCCCC3)c1. The van der Waals surface area contributed by atoms with Gasteiger partial charge in [-0.1, -0.05) is 36.2 Å². The molecule has 7 heteroatoms. The first-order chi connectivity index (χ1) is 14.1. The van der Waals surface area contributed by atoms with Gasteiger partial charge in [-0.25, -0.2) is 0 Å². The highest BCUT2D eigenvalue weighted by Gasteiger charge is 2.18. The molecule has 0 bridgehead atoms. The van der Waals surface area contributed by atoms with Gasteiger partial charge >= 0.3 is 0 Å². The van der Waals surface area contributed by atoms with E-state index < -0.39 is 0 Å². The van der Waals surface area contributed by atoms with Crippen molar-refractivity contribution < 1.29 is 4.79 Å². The van der Waals surface area contributed by atoms with Crippen LogP contribution in [-0.4, -0.2) is 26.4 Å². The van der Waals surface area contributed by atoms with E-state index in [9.17, 15) is 4.79 Å². The van der Waals surface area contributed by atoms with Gasteiger partial charge in [-0.15, -0.1) is 22.0 Å². The number of benzene rings is 2. The Hall–Kier alpha value is -2.31. The molecule has 2 aromatic carbocycles. The molecule has 3 aromatic rings. The minimum absolute atomic E-state index is 0.0494. The average Bonchev–Trinajstić information content (AvgIpc) is 2.96. The second-order valence-electron chi connectivity index (χ2n) is 7.20. The molecule has 150 valence electrons. The zero-order valence-corrected chi connectivity index (χ0v) is 17.9. The molecule has 0 fully saturated rings. The molecule has 2 heterocycles. The Morgan fingerprint density at radius 3 is 2.90 bits per heavy atom. The van der Waals surface area contributed by atoms with Crippen LogP contribution in [0.25, 0.3) is 11.4 Å². The zero-order valence-electron chi connectivity index (χ0n) is 16.3. The lowest BCUT2D eigenvalue weighted by atomic mass is 10.1. The monoisotopic (exact) mass is 426 g/mol. The molecule has 0 atom stereocenters. The van der Waals surface area contributed by atoms with E-state index in [2.05, 4.69) is 20.1 Å². The first-order valence-corrected chi connectivity index (χ1v) is 11.2. The van der Waals surface area contributed by atoms with Crippen LogP contribution >= 0.6 is 23.4 Å². The maximum atomic E-state index is 12.5. The van der Waals surface area contributed by atoms with E-state index >= 15 is 0 Å². The Balaban J connectivity index is 1.49. The second kappa shape index (κ2) is 9.01. The predicted molar refractivity (Wildman–Crippen MR) is 119 cm³/mol. The van der Waals surface area contributed by atoms with Crippen LogP contribution in [0.5, 0.6) is 0 Å². The van der Waals surface area contributed by atoms with E-state index in [1.54, 1.807) is 6.07 Å². The molecular formula is C22H23ClN4OS. The number of carbonyl (C=O) groups is 1. The van der Waals surface area contributed by atoms with Crippen LogP contribution in [0.3, 0.4) is 0 Å². The van der Waals surface area contributed by atoms with Crippen molar-refractivity contribution in [2.75, 3.05) is 11.1 Å². The topological polar surface area (TPSA) is 59.8 Å². The fraction of sp³-hybridized carbons (Fsp3) is 0.318. The van der Waals surface area contributed by atoms with Crippen LogP contribution < -0.4 is 5.32 Å². The van der Waals surface area contributed by atoms with E-state index in [0.717, 1.165) is 47.9 Å². The van der Waals surface area contributed by atoms with Gasteiger partial charge in [-0.3, -0.25) is 4.79 Å². The van der Waals surface area contributed by atoms with Gasteiger partial charge in [-0.05, 0) is 49.6 Å². The average molecular weight is 427 g/mol. The minimum atomic E-state index is -0.0494. The largest absolute Gasteiger partial charge is 0.325 e. The molecule has 0 spiro atoms. The Bertz CT molecular complexity index is 1030. The number of nitrogens with one attached hydrogen (secondary N) is 1. The quantitative estimate of drug-likeness (QED) is 0.557. The van der Waals surface area contributed by atoms with Crippen LogP contribution in [0, 0.1) is 6.92 Å². The van der Waals surface area contributed by atoms with Gasteiger partial charge < -0.3 is 9.88 Å². The zero-order chi connectivity index (χ0) is 20.2. The van der Waals surface area contributed by atoms with E-state index in [1.165, 1.54) is 23.7 Å². The molecule has 4 rings (SSSR count). The molecule has 29 heavy (non-hydrogen) atoms. The third kappa shape index (κ3) is 4.65. The van der Waals surface area contributed by atoms with Gasteiger partial charge in [-0.2, -0.15) is 0 Å². The van der Waals surface area contributed by atoms with Crippen molar-refractivity contribution in [3.63, 3.8) is 0 Å². The summed E-state index contributed by atoms with van der Waals surface area (Å²) in [6.07, 6.45) is 4.39. The van der Waals surface area contributed by atoms with Crippen molar-refractivity contribution in [1.29, 1.82) is 0 Å². The smallest absolute Gasteiger partial charge is 0.234 e. The molecule has 0 unspecified atom stereocenters. The van der Waals surface area contributed by atoms with Crippen molar-refractivity contribution in [3.05, 3.63) is 58.9 Å². The standard InChI is InChI=1S/C22H23ClN4OS/c1-15-7-4-5-8-19(15)29-14-21(28)24-16-10-11-18(23)17(13-16)22-26-25-20-9-3-2-6-12-27(20)22/h4-5,7-8,10-11,13H,2-3,6,9,12,14H2,1H3,(H,24,28). The van der Waals surface area contributed by atoms with Gasteiger partial charge in [0.05, 0.1) is 10.8 Å². The normalized spacial score (nSPS) is 13.6. The van der Waals surface area contributed by atoms with Gasteiger partial charge in [0.15, 0.2) is 5.82 Å². The van der Waals surface area contributed by atoms with Crippen LogP contribution in [-0.2, 0) is 17.8 Å². The van der Waals surface area contributed by atoms with E-state index in [-0.39, 0.29) is 5.91 Å². The molecule has 1 aliphatic rings. The van der Waals surface area contributed by atoms with Crippen molar-refractivity contribution in [3.8, 4) is 11.4 Å². The van der Waals surface area contributed by atoms with E-state index in [0.29, 0.717) is 16.5 Å². The summed E-state index contributed by atoms with van der Waals surface area (Å²) >= 11 is 8.00. The number of aromatic nitrogens is 3. The van der Waals surface area contributed by atoms with Crippen molar-refractivity contribution >= 4 is 35.0 Å². The van der Waals surface area contributed by atoms with Crippen LogP contribution in [0.1, 0.15) is 30.7 Å². The molecule has 1 N–H and O–H groups in total. The highest BCUT2D eigenvalue weighted by molar-refractivity contribution is 8.00. The summed E-state index contributed by atoms with van der Waals surface area (Å²) in [5, 5.41) is 12.3. The number of anilines is 1. The number of fused-ring (bicyclic) bond motifs is 1. The number of amides is 1. The molecule has 1 amide bonds.